The minimum atomic E-state index is -0.282. The smallest absolute Gasteiger partial charge is 0.262 e. The number of oxazole rings is 1. The number of nitrogens with zero attached hydrogens (tertiary/aromatic N) is 2. The van der Waals surface area contributed by atoms with Gasteiger partial charge in [0.15, 0.2) is 17.8 Å². The Labute approximate surface area is 166 Å². The van der Waals surface area contributed by atoms with Gasteiger partial charge in [-0.15, -0.1) is 0 Å². The molecule has 0 unspecified atom stereocenters. The van der Waals surface area contributed by atoms with E-state index < -0.39 is 0 Å². The summed E-state index contributed by atoms with van der Waals surface area (Å²) in [5.41, 5.74) is 3.16. The number of amides is 1. The fraction of sp³-hybridized carbons (Fsp3) is 0.0952. The summed E-state index contributed by atoms with van der Waals surface area (Å²) in [7, 11) is 0. The predicted octanol–water partition coefficient (Wildman–Crippen LogP) is 4.87. The second-order valence-electron chi connectivity index (χ2n) is 6.14. The molecule has 140 valence electrons. The highest BCUT2D eigenvalue weighted by atomic mass is 35.5. The van der Waals surface area contributed by atoms with E-state index in [0.717, 1.165) is 5.56 Å². The number of pyridine rings is 1. The first-order valence-corrected chi connectivity index (χ1v) is 8.98. The van der Waals surface area contributed by atoms with E-state index in [1.807, 2.05) is 31.2 Å². The van der Waals surface area contributed by atoms with Crippen molar-refractivity contribution in [2.75, 3.05) is 11.9 Å². The highest BCUT2D eigenvalue weighted by Gasteiger charge is 2.14. The van der Waals surface area contributed by atoms with Crippen LogP contribution < -0.4 is 10.1 Å². The van der Waals surface area contributed by atoms with Gasteiger partial charge >= 0.3 is 0 Å². The molecule has 0 atom stereocenters. The van der Waals surface area contributed by atoms with Crippen LogP contribution in [0.1, 0.15) is 5.56 Å². The molecule has 7 heteroatoms. The van der Waals surface area contributed by atoms with Gasteiger partial charge in [0.25, 0.3) is 5.91 Å². The molecule has 1 amide bonds. The van der Waals surface area contributed by atoms with Crippen LogP contribution in [0.3, 0.4) is 0 Å². The summed E-state index contributed by atoms with van der Waals surface area (Å²) in [6, 6.07) is 16.2. The Morgan fingerprint density at radius 1 is 1.18 bits per heavy atom. The number of carbonyl (C=O) groups excluding carboxylic acids is 1. The van der Waals surface area contributed by atoms with Gasteiger partial charge in [0, 0.05) is 11.9 Å². The first kappa shape index (κ1) is 18.0. The van der Waals surface area contributed by atoms with Crippen LogP contribution in [0.2, 0.25) is 5.02 Å². The van der Waals surface area contributed by atoms with E-state index >= 15 is 0 Å². The molecule has 0 saturated carbocycles. The van der Waals surface area contributed by atoms with Crippen molar-refractivity contribution in [3.63, 3.8) is 0 Å². The van der Waals surface area contributed by atoms with E-state index in [1.165, 1.54) is 0 Å². The average molecular weight is 394 g/mol. The van der Waals surface area contributed by atoms with Crippen LogP contribution >= 0.6 is 11.6 Å². The SMILES string of the molecule is Cc1ccccc1OCC(=O)Nc1ccc(Cl)c(-c2nc3ncccc3o2)c1. The van der Waals surface area contributed by atoms with Crippen molar-refractivity contribution in [1.82, 2.24) is 9.97 Å². The van der Waals surface area contributed by atoms with Crippen LogP contribution in [0.15, 0.2) is 65.2 Å². The van der Waals surface area contributed by atoms with Crippen molar-refractivity contribution in [1.29, 1.82) is 0 Å². The Bertz CT molecular complexity index is 1120. The normalized spacial score (nSPS) is 10.8. The Morgan fingerprint density at radius 3 is 2.86 bits per heavy atom. The molecule has 2 aromatic heterocycles. The number of aryl methyl sites for hydroxylation is 1. The Morgan fingerprint density at radius 2 is 2.04 bits per heavy atom. The molecule has 2 aromatic carbocycles. The summed E-state index contributed by atoms with van der Waals surface area (Å²) in [6.07, 6.45) is 1.64. The van der Waals surface area contributed by atoms with Crippen LogP contribution in [0.25, 0.3) is 22.7 Å². The molecule has 28 heavy (non-hydrogen) atoms. The number of rotatable bonds is 5. The quantitative estimate of drug-likeness (QED) is 0.523. The Balaban J connectivity index is 1.50. The third kappa shape index (κ3) is 3.82. The van der Waals surface area contributed by atoms with Crippen molar-refractivity contribution in [2.45, 2.75) is 6.92 Å². The number of halogens is 1. The third-order valence-corrected chi connectivity index (χ3v) is 4.43. The molecule has 0 spiro atoms. The maximum atomic E-state index is 12.3. The predicted molar refractivity (Wildman–Crippen MR) is 108 cm³/mol. The lowest BCUT2D eigenvalue weighted by Gasteiger charge is -2.10. The number of carbonyl (C=O) groups is 1. The summed E-state index contributed by atoms with van der Waals surface area (Å²) < 4.78 is 11.3. The zero-order valence-electron chi connectivity index (χ0n) is 15.0. The standard InChI is InChI=1S/C21H16ClN3O3/c1-13-5-2-3-6-17(13)27-12-19(26)24-14-8-9-16(22)15(11-14)21-25-20-18(28-21)7-4-10-23-20/h2-11H,12H2,1H3,(H,24,26). The first-order chi connectivity index (χ1) is 13.6. The van der Waals surface area contributed by atoms with Gasteiger partial charge < -0.3 is 14.5 Å². The van der Waals surface area contributed by atoms with Gasteiger partial charge in [0.2, 0.25) is 5.89 Å². The molecular weight excluding hydrogens is 378 g/mol. The number of nitrogens with one attached hydrogen (secondary N) is 1. The van der Waals surface area contributed by atoms with Gasteiger partial charge in [-0.3, -0.25) is 4.79 Å². The Kier molecular flexibility index (Phi) is 4.95. The minimum absolute atomic E-state index is 0.102. The molecule has 0 fully saturated rings. The fourth-order valence-electron chi connectivity index (χ4n) is 2.71. The fourth-order valence-corrected chi connectivity index (χ4v) is 2.91. The van der Waals surface area contributed by atoms with Crippen LogP contribution in [0.4, 0.5) is 5.69 Å². The van der Waals surface area contributed by atoms with Crippen LogP contribution in [0, 0.1) is 6.92 Å². The number of benzene rings is 2. The second-order valence-corrected chi connectivity index (χ2v) is 6.55. The number of aromatic nitrogens is 2. The van der Waals surface area contributed by atoms with Crippen molar-refractivity contribution in [2.24, 2.45) is 0 Å². The maximum Gasteiger partial charge on any atom is 0.262 e. The second kappa shape index (κ2) is 7.70. The van der Waals surface area contributed by atoms with Crippen LogP contribution in [-0.2, 0) is 4.79 Å². The van der Waals surface area contributed by atoms with Gasteiger partial charge in [-0.25, -0.2) is 4.98 Å². The van der Waals surface area contributed by atoms with Gasteiger partial charge in [0.1, 0.15) is 5.75 Å². The molecule has 2 heterocycles. The number of hydrogen-bond donors (Lipinski definition) is 1. The van der Waals surface area contributed by atoms with Crippen LogP contribution in [0.5, 0.6) is 5.75 Å². The van der Waals surface area contributed by atoms with Crippen molar-refractivity contribution in [3.8, 4) is 17.2 Å². The number of ether oxygens (including phenoxy) is 1. The average Bonchev–Trinajstić information content (AvgIpc) is 3.13. The topological polar surface area (TPSA) is 77.2 Å². The minimum Gasteiger partial charge on any atom is -0.483 e. The largest absolute Gasteiger partial charge is 0.483 e. The van der Waals surface area contributed by atoms with Crippen molar-refractivity contribution in [3.05, 3.63) is 71.4 Å². The zero-order chi connectivity index (χ0) is 19.5. The van der Waals surface area contributed by atoms with Gasteiger partial charge in [-0.2, -0.15) is 4.98 Å². The monoisotopic (exact) mass is 393 g/mol. The summed E-state index contributed by atoms with van der Waals surface area (Å²) in [4.78, 5) is 20.8. The molecule has 6 nitrogen and oxygen atoms in total. The molecule has 0 saturated heterocycles. The third-order valence-electron chi connectivity index (χ3n) is 4.10. The van der Waals surface area contributed by atoms with E-state index in [0.29, 0.717) is 39.1 Å². The molecule has 0 radical (unpaired) electrons. The van der Waals surface area contributed by atoms with E-state index in [-0.39, 0.29) is 12.5 Å². The number of fused-ring (bicyclic) bond motifs is 1. The summed E-state index contributed by atoms with van der Waals surface area (Å²) in [5, 5.41) is 3.25. The lowest BCUT2D eigenvalue weighted by molar-refractivity contribution is -0.118. The van der Waals surface area contributed by atoms with E-state index in [4.69, 9.17) is 20.8 Å². The molecule has 0 aliphatic rings. The highest BCUT2D eigenvalue weighted by Crippen LogP contribution is 2.31. The molecule has 0 bridgehead atoms. The molecule has 1 N–H and O–H groups in total. The summed E-state index contributed by atoms with van der Waals surface area (Å²) in [6.45, 7) is 1.82. The van der Waals surface area contributed by atoms with Crippen molar-refractivity contribution < 1.29 is 13.9 Å². The van der Waals surface area contributed by atoms with Crippen LogP contribution in [-0.4, -0.2) is 22.5 Å². The molecule has 0 aliphatic heterocycles. The molecule has 4 aromatic rings. The summed E-state index contributed by atoms with van der Waals surface area (Å²) >= 11 is 6.30. The first-order valence-electron chi connectivity index (χ1n) is 8.60. The van der Waals surface area contributed by atoms with Gasteiger partial charge in [0.05, 0.1) is 10.6 Å². The number of para-hydroxylation sites is 1. The molecule has 4 rings (SSSR count). The van der Waals surface area contributed by atoms with E-state index in [9.17, 15) is 4.79 Å². The number of anilines is 1. The lowest BCUT2D eigenvalue weighted by atomic mass is 10.2. The summed E-state index contributed by atoms with van der Waals surface area (Å²) in [5.74, 6) is 0.732. The van der Waals surface area contributed by atoms with Gasteiger partial charge in [-0.1, -0.05) is 29.8 Å². The zero-order valence-corrected chi connectivity index (χ0v) is 15.7. The van der Waals surface area contributed by atoms with E-state index in [1.54, 1.807) is 36.5 Å². The van der Waals surface area contributed by atoms with E-state index in [2.05, 4.69) is 15.3 Å². The van der Waals surface area contributed by atoms with Crippen molar-refractivity contribution >= 4 is 34.4 Å². The highest BCUT2D eigenvalue weighted by molar-refractivity contribution is 6.33. The molecule has 0 aliphatic carbocycles. The maximum absolute atomic E-state index is 12.3. The molecular formula is C21H16ClN3O3. The number of hydrogen-bond acceptors (Lipinski definition) is 5. The lowest BCUT2D eigenvalue weighted by Crippen LogP contribution is -2.20. The Hall–Kier alpha value is -3.38. The van der Waals surface area contributed by atoms with Gasteiger partial charge in [-0.05, 0) is 48.9 Å².